The van der Waals surface area contributed by atoms with E-state index in [-0.39, 0.29) is 6.54 Å². The van der Waals surface area contributed by atoms with Crippen molar-refractivity contribution in [2.45, 2.75) is 25.8 Å². The predicted molar refractivity (Wildman–Crippen MR) is 135 cm³/mol. The number of nitrogens with one attached hydrogen (secondary N) is 1. The highest BCUT2D eigenvalue weighted by Gasteiger charge is 2.26. The molecule has 1 aromatic carbocycles. The Kier molecular flexibility index (Phi) is 7.95. The molecule has 4 rings (SSSR count). The van der Waals surface area contributed by atoms with Crippen LogP contribution >= 0.6 is 19.6 Å². The van der Waals surface area contributed by atoms with Crippen LogP contribution in [0.15, 0.2) is 41.3 Å². The topological polar surface area (TPSA) is 127 Å². The van der Waals surface area contributed by atoms with Crippen molar-refractivity contribution in [2.75, 3.05) is 36.6 Å². The van der Waals surface area contributed by atoms with Crippen LogP contribution in [-0.2, 0) is 15.9 Å². The highest BCUT2D eigenvalue weighted by molar-refractivity contribution is 7.37. The third-order valence-corrected chi connectivity index (χ3v) is 6.96. The largest absolute Gasteiger partial charge is 0.505 e. The van der Waals surface area contributed by atoms with Gasteiger partial charge < -0.3 is 15.0 Å². The SMILES string of the molecule is COc1cc2cnn(CC(=O)Nc3ccc(Cl)cc3)c(=O)c2c(N2CCC(CC[P+](=O)O)CC2)n1. The molecular formula is C23H26ClN5O5P+. The number of hydrogen-bond acceptors (Lipinski definition) is 7. The number of piperidine rings is 1. The van der Waals surface area contributed by atoms with Crippen LogP contribution in [0.5, 0.6) is 5.88 Å². The van der Waals surface area contributed by atoms with Crippen LogP contribution in [-0.4, -0.2) is 51.9 Å². The molecule has 35 heavy (non-hydrogen) atoms. The number of anilines is 2. The van der Waals surface area contributed by atoms with Crippen molar-refractivity contribution >= 4 is 47.8 Å². The average molecular weight is 519 g/mol. The summed E-state index contributed by atoms with van der Waals surface area (Å²) in [6.45, 7) is 1.05. The second-order valence-electron chi connectivity index (χ2n) is 8.41. The van der Waals surface area contributed by atoms with Gasteiger partial charge in [-0.15, -0.1) is 0 Å². The Bertz CT molecular complexity index is 1290. The maximum Gasteiger partial charge on any atom is 0.505 e. The number of rotatable bonds is 8. The molecule has 1 unspecified atom stereocenters. The zero-order valence-corrected chi connectivity index (χ0v) is 20.8. The van der Waals surface area contributed by atoms with Crippen molar-refractivity contribution in [3.05, 3.63) is 51.9 Å². The molecule has 3 heterocycles. The summed E-state index contributed by atoms with van der Waals surface area (Å²) in [5.74, 6) is 0.813. The van der Waals surface area contributed by atoms with Crippen LogP contribution in [0.3, 0.4) is 0 Å². The molecule has 0 radical (unpaired) electrons. The van der Waals surface area contributed by atoms with Gasteiger partial charge in [-0.2, -0.15) is 15.0 Å². The number of pyridine rings is 1. The molecule has 1 fully saturated rings. The first-order chi connectivity index (χ1) is 16.8. The van der Waals surface area contributed by atoms with Crippen molar-refractivity contribution in [1.29, 1.82) is 0 Å². The number of hydrogen-bond donors (Lipinski definition) is 2. The number of amides is 1. The number of fused-ring (bicyclic) bond motifs is 1. The van der Waals surface area contributed by atoms with E-state index >= 15 is 0 Å². The molecule has 0 spiro atoms. The number of aromatic nitrogens is 3. The van der Waals surface area contributed by atoms with Gasteiger partial charge in [-0.3, -0.25) is 9.59 Å². The van der Waals surface area contributed by atoms with Crippen LogP contribution in [0, 0.1) is 5.92 Å². The first-order valence-electron chi connectivity index (χ1n) is 11.2. The minimum Gasteiger partial charge on any atom is -0.481 e. The van der Waals surface area contributed by atoms with Gasteiger partial charge in [-0.05, 0) is 54.0 Å². The lowest BCUT2D eigenvalue weighted by Gasteiger charge is -2.33. The van der Waals surface area contributed by atoms with Crippen LogP contribution in [0.25, 0.3) is 10.8 Å². The Morgan fingerprint density at radius 1 is 1.29 bits per heavy atom. The van der Waals surface area contributed by atoms with Gasteiger partial charge in [0, 0.05) is 35.3 Å². The standard InChI is InChI=1S/C23H25ClN5O5P/c1-34-20-12-16-13-25-29(14-19(30)26-18-4-2-17(24)3-5-18)23(31)21(16)22(27-20)28-9-6-15(7-10-28)8-11-35(32)33/h2-5,12-13,15H,6-11,14H2,1H3,(H-,26,30,32,33)/p+1. The van der Waals surface area contributed by atoms with Gasteiger partial charge in [0.25, 0.3) is 5.56 Å². The van der Waals surface area contributed by atoms with E-state index < -0.39 is 19.5 Å². The molecule has 1 aliphatic heterocycles. The summed E-state index contributed by atoms with van der Waals surface area (Å²) in [5, 5.41) is 8.42. The van der Waals surface area contributed by atoms with Crippen molar-refractivity contribution in [3.8, 4) is 5.88 Å². The molecule has 2 N–H and O–H groups in total. The van der Waals surface area contributed by atoms with Crippen LogP contribution in [0.2, 0.25) is 5.02 Å². The molecule has 10 nitrogen and oxygen atoms in total. The second-order valence-corrected chi connectivity index (χ2v) is 10.00. The van der Waals surface area contributed by atoms with Crippen molar-refractivity contribution in [3.63, 3.8) is 0 Å². The molecule has 1 saturated heterocycles. The molecule has 3 aromatic rings. The van der Waals surface area contributed by atoms with Crippen molar-refractivity contribution in [2.24, 2.45) is 5.92 Å². The summed E-state index contributed by atoms with van der Waals surface area (Å²) < 4.78 is 17.5. The number of carbonyl (C=O) groups is 1. The number of methoxy groups -OCH3 is 1. The third-order valence-electron chi connectivity index (χ3n) is 6.07. The lowest BCUT2D eigenvalue weighted by molar-refractivity contribution is -0.117. The minimum absolute atomic E-state index is 0.260. The summed E-state index contributed by atoms with van der Waals surface area (Å²) in [6, 6.07) is 8.32. The van der Waals surface area contributed by atoms with Gasteiger partial charge in [-0.1, -0.05) is 11.6 Å². The van der Waals surface area contributed by atoms with E-state index in [9.17, 15) is 14.2 Å². The summed E-state index contributed by atoms with van der Waals surface area (Å²) >= 11 is 5.88. The second kappa shape index (κ2) is 11.1. The Labute approximate surface area is 207 Å². The summed E-state index contributed by atoms with van der Waals surface area (Å²) in [7, 11) is -0.616. The summed E-state index contributed by atoms with van der Waals surface area (Å²) in [4.78, 5) is 41.6. The first-order valence-corrected chi connectivity index (χ1v) is 13.0. The predicted octanol–water partition coefficient (Wildman–Crippen LogP) is 3.43. The molecule has 2 aromatic heterocycles. The van der Waals surface area contributed by atoms with E-state index in [0.717, 1.165) is 17.5 Å². The Morgan fingerprint density at radius 2 is 2.00 bits per heavy atom. The fourth-order valence-electron chi connectivity index (χ4n) is 4.20. The zero-order chi connectivity index (χ0) is 24.9. The van der Waals surface area contributed by atoms with Gasteiger partial charge in [0.2, 0.25) is 11.8 Å². The highest BCUT2D eigenvalue weighted by Crippen LogP contribution is 2.31. The van der Waals surface area contributed by atoms with Gasteiger partial charge in [0.15, 0.2) is 6.16 Å². The lowest BCUT2D eigenvalue weighted by Crippen LogP contribution is -2.36. The van der Waals surface area contributed by atoms with Crippen molar-refractivity contribution in [1.82, 2.24) is 14.8 Å². The van der Waals surface area contributed by atoms with E-state index in [1.165, 1.54) is 13.3 Å². The molecule has 0 aliphatic carbocycles. The first kappa shape index (κ1) is 25.0. The third kappa shape index (κ3) is 6.14. The van der Waals surface area contributed by atoms with Gasteiger partial charge >= 0.3 is 8.03 Å². The van der Waals surface area contributed by atoms with Crippen molar-refractivity contribution < 1.29 is 19.0 Å². The van der Waals surface area contributed by atoms with E-state index in [2.05, 4.69) is 15.4 Å². The molecule has 0 saturated carbocycles. The number of ether oxygens (including phenoxy) is 1. The summed E-state index contributed by atoms with van der Waals surface area (Å²) in [6.07, 6.45) is 4.18. The molecule has 12 heteroatoms. The van der Waals surface area contributed by atoms with Gasteiger partial charge in [-0.25, -0.2) is 4.68 Å². The fourth-order valence-corrected chi connectivity index (χ4v) is 4.92. The fraction of sp³-hybridized carbons (Fsp3) is 0.391. The number of nitrogens with zero attached hydrogens (tertiary/aromatic N) is 4. The quantitative estimate of drug-likeness (QED) is 0.434. The monoisotopic (exact) mass is 518 g/mol. The van der Waals surface area contributed by atoms with E-state index in [1.807, 2.05) is 4.90 Å². The maximum absolute atomic E-state index is 13.4. The Morgan fingerprint density at radius 3 is 2.66 bits per heavy atom. The highest BCUT2D eigenvalue weighted by atomic mass is 35.5. The van der Waals surface area contributed by atoms with Crippen LogP contribution in [0.4, 0.5) is 11.5 Å². The average Bonchev–Trinajstić information content (AvgIpc) is 2.85. The molecule has 1 aliphatic rings. The normalized spacial score (nSPS) is 14.7. The van der Waals surface area contributed by atoms with E-state index in [1.54, 1.807) is 30.3 Å². The number of carbonyl (C=O) groups excluding carboxylic acids is 1. The Balaban J connectivity index is 1.58. The molecule has 1 atom stereocenters. The molecule has 184 valence electrons. The van der Waals surface area contributed by atoms with Gasteiger partial charge in [0.1, 0.15) is 12.4 Å². The van der Waals surface area contributed by atoms with Gasteiger partial charge in [0.05, 0.1) is 18.7 Å². The van der Waals surface area contributed by atoms with E-state index in [4.69, 9.17) is 21.2 Å². The number of halogens is 1. The summed E-state index contributed by atoms with van der Waals surface area (Å²) in [5.41, 5.74) is 0.146. The van der Waals surface area contributed by atoms with E-state index in [0.29, 0.717) is 64.8 Å². The minimum atomic E-state index is -2.13. The Hall–Kier alpha value is -3.07. The van der Waals surface area contributed by atoms with Crippen LogP contribution in [0.1, 0.15) is 19.3 Å². The lowest BCUT2D eigenvalue weighted by atomic mass is 9.94. The van der Waals surface area contributed by atoms with Crippen LogP contribution < -0.4 is 20.5 Å². The molecule has 1 amide bonds. The molecular weight excluding hydrogens is 493 g/mol. The molecule has 0 bridgehead atoms. The number of benzene rings is 1. The zero-order valence-electron chi connectivity index (χ0n) is 19.2. The smallest absolute Gasteiger partial charge is 0.481 e. The maximum atomic E-state index is 13.4.